The number of rotatable bonds is 1. The van der Waals surface area contributed by atoms with Crippen molar-refractivity contribution >= 4 is 16.6 Å². The van der Waals surface area contributed by atoms with Crippen LogP contribution in [0.15, 0.2) is 28.7 Å². The van der Waals surface area contributed by atoms with Crippen LogP contribution in [0.25, 0.3) is 0 Å². The van der Waals surface area contributed by atoms with Crippen LogP contribution >= 0.6 is 10.8 Å². The summed E-state index contributed by atoms with van der Waals surface area (Å²) < 4.78 is 23.8. The molecule has 1 atom stereocenters. The van der Waals surface area contributed by atoms with E-state index in [-0.39, 0.29) is 11.7 Å². The highest BCUT2D eigenvalue weighted by Crippen LogP contribution is 2.46. The maximum atomic E-state index is 9.81. The van der Waals surface area contributed by atoms with Gasteiger partial charge in [-0.25, -0.2) is 0 Å². The summed E-state index contributed by atoms with van der Waals surface area (Å²) in [7, 11) is -2.81. The van der Waals surface area contributed by atoms with E-state index in [9.17, 15) is 14.2 Å². The van der Waals surface area contributed by atoms with Crippen LogP contribution in [0.4, 0.5) is 0 Å². The Kier molecular flexibility index (Phi) is 3.16. The minimum Gasteiger partial charge on any atom is -0.508 e. The predicted octanol–water partition coefficient (Wildman–Crippen LogP) is 2.65. The normalized spacial score (nSPS) is 27.4. The fraction of sp³-hybridized carbons (Fsp3) is 0.462. The van der Waals surface area contributed by atoms with Crippen molar-refractivity contribution in [2.24, 2.45) is 4.40 Å². The quantitative estimate of drug-likeness (QED) is 0.740. The summed E-state index contributed by atoms with van der Waals surface area (Å²) in [6.07, 6.45) is 2.03. The molecule has 1 aromatic rings. The van der Waals surface area contributed by atoms with Crippen LogP contribution in [0.5, 0.6) is 5.75 Å². The number of fused-ring (bicyclic) bond motifs is 1. The minimum absolute atomic E-state index is 0.0980. The molecule has 3 rings (SSSR count). The third-order valence-electron chi connectivity index (χ3n) is 3.73. The van der Waals surface area contributed by atoms with Gasteiger partial charge in [-0.2, -0.15) is 0 Å². The summed E-state index contributed by atoms with van der Waals surface area (Å²) in [6.45, 7) is 1.60. The first-order valence-corrected chi connectivity index (χ1v) is 8.12. The second kappa shape index (κ2) is 4.70. The first kappa shape index (κ1) is 12.8. The molecule has 0 radical (unpaired) electrons. The largest absolute Gasteiger partial charge is 0.508 e. The number of nitrogens with zero attached hydrogens (tertiary/aromatic N) is 2. The molecule has 0 unspecified atom stereocenters. The molecular weight excluding hydrogens is 264 g/mol. The fourth-order valence-corrected chi connectivity index (χ4v) is 3.85. The molecule has 19 heavy (non-hydrogen) atoms. The molecule has 0 bridgehead atoms. The summed E-state index contributed by atoms with van der Waals surface area (Å²) >= 11 is 0. The number of aromatic hydroxyl groups is 1. The molecule has 1 saturated heterocycles. The van der Waals surface area contributed by atoms with Crippen molar-refractivity contribution in [1.82, 2.24) is 4.90 Å². The topological polar surface area (TPSA) is 76.3 Å². The Bertz CT molecular complexity index is 501. The lowest BCUT2D eigenvalue weighted by Gasteiger charge is -2.43. The number of amidine groups is 1. The van der Waals surface area contributed by atoms with Crippen LogP contribution in [0.2, 0.25) is 0 Å². The lowest BCUT2D eigenvalue weighted by Crippen LogP contribution is -2.45. The molecule has 2 heterocycles. The Hall–Kier alpha value is -1.24. The summed E-state index contributed by atoms with van der Waals surface area (Å²) in [5.74, 6) is 1.47. The summed E-state index contributed by atoms with van der Waals surface area (Å²) in [4.78, 5) is 2.15. The van der Waals surface area contributed by atoms with E-state index in [1.165, 1.54) is 0 Å². The zero-order valence-corrected chi connectivity index (χ0v) is 11.4. The van der Waals surface area contributed by atoms with Crippen LogP contribution in [0, 0.1) is 0 Å². The minimum atomic E-state index is -2.81. The fourth-order valence-electron chi connectivity index (χ4n) is 2.75. The van der Waals surface area contributed by atoms with Crippen molar-refractivity contribution in [3.05, 3.63) is 29.8 Å². The molecule has 0 saturated carbocycles. The van der Waals surface area contributed by atoms with Crippen molar-refractivity contribution < 1.29 is 14.2 Å². The van der Waals surface area contributed by atoms with Gasteiger partial charge in [0.1, 0.15) is 11.6 Å². The molecule has 1 aromatic carbocycles. The Balaban J connectivity index is 1.96. The number of hydrogen-bond donors (Lipinski definition) is 3. The van der Waals surface area contributed by atoms with E-state index >= 15 is 0 Å². The molecule has 2 aliphatic heterocycles. The molecule has 0 amide bonds. The van der Waals surface area contributed by atoms with Crippen molar-refractivity contribution in [2.75, 3.05) is 18.8 Å². The molecule has 2 aliphatic rings. The SMILES string of the molecule is Oc1ccc([C@@H]2CCCN3CCS(O)(O)N=C23)cc1. The average molecular weight is 282 g/mol. The molecule has 0 aliphatic carbocycles. The predicted molar refractivity (Wildman–Crippen MR) is 76.8 cm³/mol. The highest BCUT2D eigenvalue weighted by molar-refractivity contribution is 8.23. The first-order chi connectivity index (χ1) is 9.05. The van der Waals surface area contributed by atoms with Crippen LogP contribution in [0.1, 0.15) is 24.3 Å². The van der Waals surface area contributed by atoms with Crippen molar-refractivity contribution in [2.45, 2.75) is 18.8 Å². The smallest absolute Gasteiger partial charge is 0.132 e. The van der Waals surface area contributed by atoms with E-state index in [4.69, 9.17) is 0 Å². The highest BCUT2D eigenvalue weighted by atomic mass is 32.3. The van der Waals surface area contributed by atoms with E-state index in [1.54, 1.807) is 12.1 Å². The molecule has 1 fully saturated rings. The van der Waals surface area contributed by atoms with Gasteiger partial charge in [-0.3, -0.25) is 9.11 Å². The van der Waals surface area contributed by atoms with Gasteiger partial charge in [-0.1, -0.05) is 22.9 Å². The Morgan fingerprint density at radius 3 is 2.63 bits per heavy atom. The molecule has 104 valence electrons. The van der Waals surface area contributed by atoms with E-state index in [0.717, 1.165) is 30.8 Å². The summed E-state index contributed by atoms with van der Waals surface area (Å²) in [5, 5.41) is 9.35. The Morgan fingerprint density at radius 2 is 1.89 bits per heavy atom. The second-order valence-electron chi connectivity index (χ2n) is 5.06. The zero-order valence-electron chi connectivity index (χ0n) is 10.6. The van der Waals surface area contributed by atoms with Crippen LogP contribution in [0.3, 0.4) is 0 Å². The van der Waals surface area contributed by atoms with Crippen molar-refractivity contribution in [3.63, 3.8) is 0 Å². The van der Waals surface area contributed by atoms with Crippen LogP contribution < -0.4 is 0 Å². The molecular formula is C13H18N2O3S. The van der Waals surface area contributed by atoms with Crippen LogP contribution in [-0.4, -0.2) is 43.8 Å². The van der Waals surface area contributed by atoms with Gasteiger partial charge in [-0.15, -0.1) is 4.40 Å². The number of piperidine rings is 1. The first-order valence-electron chi connectivity index (χ1n) is 6.45. The van der Waals surface area contributed by atoms with Crippen LogP contribution in [-0.2, 0) is 0 Å². The summed E-state index contributed by atoms with van der Waals surface area (Å²) in [5.41, 5.74) is 1.07. The molecule has 0 aromatic heterocycles. The molecule has 6 heteroatoms. The maximum absolute atomic E-state index is 9.81. The second-order valence-corrected chi connectivity index (χ2v) is 6.91. The molecule has 0 spiro atoms. The van der Waals surface area contributed by atoms with Gasteiger partial charge < -0.3 is 10.0 Å². The van der Waals surface area contributed by atoms with Crippen molar-refractivity contribution in [3.8, 4) is 5.75 Å². The van der Waals surface area contributed by atoms with E-state index in [1.807, 2.05) is 12.1 Å². The standard InChI is InChI=1S/C13H18N2O3S/c16-11-5-3-10(4-6-11)12-2-1-7-15-8-9-19(17,18)14-13(12)15/h3-6,12,16-18H,1-2,7-9H2/t12-/m0/s1. The van der Waals surface area contributed by atoms with Gasteiger partial charge in [0.05, 0.1) is 5.75 Å². The van der Waals surface area contributed by atoms with Gasteiger partial charge in [-0.05, 0) is 30.5 Å². The zero-order chi connectivity index (χ0) is 13.5. The van der Waals surface area contributed by atoms with E-state index in [2.05, 4.69) is 9.30 Å². The van der Waals surface area contributed by atoms with Gasteiger partial charge in [0.2, 0.25) is 0 Å². The highest BCUT2D eigenvalue weighted by Gasteiger charge is 2.33. The lowest BCUT2D eigenvalue weighted by atomic mass is 9.89. The summed E-state index contributed by atoms with van der Waals surface area (Å²) in [6, 6.07) is 7.09. The van der Waals surface area contributed by atoms with Gasteiger partial charge in [0.15, 0.2) is 0 Å². The number of phenols is 1. The Morgan fingerprint density at radius 1 is 1.16 bits per heavy atom. The van der Waals surface area contributed by atoms with Gasteiger partial charge >= 0.3 is 0 Å². The van der Waals surface area contributed by atoms with Crippen molar-refractivity contribution in [1.29, 1.82) is 0 Å². The van der Waals surface area contributed by atoms with Gasteiger partial charge in [0.25, 0.3) is 0 Å². The molecule has 5 nitrogen and oxygen atoms in total. The van der Waals surface area contributed by atoms with E-state index in [0.29, 0.717) is 12.3 Å². The Labute approximate surface area is 114 Å². The number of phenolic OH excluding ortho intramolecular Hbond substituents is 1. The average Bonchev–Trinajstić information content (AvgIpc) is 2.38. The van der Waals surface area contributed by atoms with E-state index < -0.39 is 10.8 Å². The third kappa shape index (κ3) is 2.56. The molecule has 3 N–H and O–H groups in total. The monoisotopic (exact) mass is 282 g/mol. The van der Waals surface area contributed by atoms with Gasteiger partial charge in [0, 0.05) is 19.0 Å². The number of benzene rings is 1. The number of hydrogen-bond acceptors (Lipinski definition) is 5. The lowest BCUT2D eigenvalue weighted by molar-refractivity contribution is 0.356. The third-order valence-corrected chi connectivity index (χ3v) is 4.94. The maximum Gasteiger partial charge on any atom is 0.132 e.